The van der Waals surface area contributed by atoms with Crippen molar-refractivity contribution in [2.24, 2.45) is 0 Å². The van der Waals surface area contributed by atoms with Crippen LogP contribution in [0.4, 0.5) is 0 Å². The number of hydrogen-bond acceptors (Lipinski definition) is 3. The standard InChI is InChI=1S/C23H27ClN2O3/c1-15-4-5-18(14-16(15)2)23(28)26-12-10-20(11-13-26)25-22(27)17(3)29-21-8-6-19(24)7-9-21/h4-9,14,17,20H,10-13H2,1-3H3,(H,25,27). The zero-order valence-corrected chi connectivity index (χ0v) is 17.8. The molecule has 1 unspecified atom stereocenters. The number of carbonyl (C=O) groups is 2. The summed E-state index contributed by atoms with van der Waals surface area (Å²) in [5.41, 5.74) is 3.02. The number of piperidine rings is 1. The smallest absolute Gasteiger partial charge is 0.260 e. The highest BCUT2D eigenvalue weighted by Crippen LogP contribution is 2.18. The first-order valence-electron chi connectivity index (χ1n) is 9.92. The molecule has 5 nitrogen and oxygen atoms in total. The van der Waals surface area contributed by atoms with Crippen molar-refractivity contribution in [1.29, 1.82) is 0 Å². The van der Waals surface area contributed by atoms with Gasteiger partial charge in [0.05, 0.1) is 0 Å². The second-order valence-corrected chi connectivity index (χ2v) is 8.02. The van der Waals surface area contributed by atoms with Crippen molar-refractivity contribution in [3.05, 3.63) is 64.2 Å². The lowest BCUT2D eigenvalue weighted by Crippen LogP contribution is -2.49. The average molecular weight is 415 g/mol. The summed E-state index contributed by atoms with van der Waals surface area (Å²) in [7, 11) is 0. The van der Waals surface area contributed by atoms with E-state index in [0.717, 1.165) is 24.0 Å². The van der Waals surface area contributed by atoms with Gasteiger partial charge in [0.2, 0.25) is 0 Å². The van der Waals surface area contributed by atoms with Crippen LogP contribution >= 0.6 is 11.6 Å². The highest BCUT2D eigenvalue weighted by atomic mass is 35.5. The molecule has 1 aliphatic heterocycles. The van der Waals surface area contributed by atoms with E-state index in [9.17, 15) is 9.59 Å². The number of aryl methyl sites for hydroxylation is 2. The number of benzene rings is 2. The van der Waals surface area contributed by atoms with Crippen LogP contribution in [0.5, 0.6) is 5.75 Å². The molecule has 2 aromatic carbocycles. The van der Waals surface area contributed by atoms with E-state index in [1.165, 1.54) is 5.56 Å². The van der Waals surface area contributed by atoms with E-state index in [1.54, 1.807) is 31.2 Å². The van der Waals surface area contributed by atoms with Gasteiger partial charge in [-0.3, -0.25) is 9.59 Å². The maximum Gasteiger partial charge on any atom is 0.260 e. The van der Waals surface area contributed by atoms with Crippen molar-refractivity contribution in [2.45, 2.75) is 45.8 Å². The molecule has 29 heavy (non-hydrogen) atoms. The molecular weight excluding hydrogens is 388 g/mol. The molecule has 2 aromatic rings. The van der Waals surface area contributed by atoms with Crippen LogP contribution in [0.2, 0.25) is 5.02 Å². The van der Waals surface area contributed by atoms with Crippen LogP contribution in [0.1, 0.15) is 41.3 Å². The van der Waals surface area contributed by atoms with Crippen molar-refractivity contribution in [3.8, 4) is 5.75 Å². The molecule has 6 heteroatoms. The zero-order valence-electron chi connectivity index (χ0n) is 17.1. The van der Waals surface area contributed by atoms with Gasteiger partial charge in [-0.15, -0.1) is 0 Å². The number of nitrogens with zero attached hydrogens (tertiary/aromatic N) is 1. The predicted molar refractivity (Wildman–Crippen MR) is 115 cm³/mol. The van der Waals surface area contributed by atoms with E-state index in [1.807, 2.05) is 36.9 Å². The lowest BCUT2D eigenvalue weighted by molar-refractivity contribution is -0.128. The number of amides is 2. The molecule has 0 bridgehead atoms. The molecule has 1 N–H and O–H groups in total. The SMILES string of the molecule is Cc1ccc(C(=O)N2CCC(NC(=O)C(C)Oc3ccc(Cl)cc3)CC2)cc1C. The number of nitrogens with one attached hydrogen (secondary N) is 1. The number of halogens is 1. The fourth-order valence-corrected chi connectivity index (χ4v) is 3.50. The van der Waals surface area contributed by atoms with Gasteiger partial charge in [-0.1, -0.05) is 17.7 Å². The Bertz CT molecular complexity index is 874. The summed E-state index contributed by atoms with van der Waals surface area (Å²) >= 11 is 5.86. The summed E-state index contributed by atoms with van der Waals surface area (Å²) in [4.78, 5) is 27.0. The third kappa shape index (κ3) is 5.51. The number of hydrogen-bond donors (Lipinski definition) is 1. The van der Waals surface area contributed by atoms with Gasteiger partial charge in [0.1, 0.15) is 5.75 Å². The third-order valence-electron chi connectivity index (χ3n) is 5.38. The normalized spacial score (nSPS) is 15.7. The molecule has 0 saturated carbocycles. The minimum Gasteiger partial charge on any atom is -0.481 e. The van der Waals surface area contributed by atoms with E-state index in [4.69, 9.17) is 16.3 Å². The summed E-state index contributed by atoms with van der Waals surface area (Å²) in [5.74, 6) is 0.502. The van der Waals surface area contributed by atoms with E-state index in [-0.39, 0.29) is 17.9 Å². The van der Waals surface area contributed by atoms with Crippen molar-refractivity contribution in [3.63, 3.8) is 0 Å². The van der Waals surface area contributed by atoms with E-state index < -0.39 is 6.10 Å². The molecule has 0 spiro atoms. The lowest BCUT2D eigenvalue weighted by atomic mass is 10.0. The highest BCUT2D eigenvalue weighted by molar-refractivity contribution is 6.30. The van der Waals surface area contributed by atoms with Crippen molar-refractivity contribution in [1.82, 2.24) is 10.2 Å². The van der Waals surface area contributed by atoms with Crippen LogP contribution in [-0.4, -0.2) is 41.9 Å². The Hall–Kier alpha value is -2.53. The fraction of sp³-hybridized carbons (Fsp3) is 0.391. The number of ether oxygens (including phenoxy) is 1. The first-order chi connectivity index (χ1) is 13.8. The van der Waals surface area contributed by atoms with Gasteiger partial charge < -0.3 is 15.0 Å². The van der Waals surface area contributed by atoms with Gasteiger partial charge in [-0.05, 0) is 81.1 Å². The maximum absolute atomic E-state index is 12.7. The fourth-order valence-electron chi connectivity index (χ4n) is 3.37. The molecule has 1 heterocycles. The van der Waals surface area contributed by atoms with Crippen LogP contribution in [-0.2, 0) is 4.79 Å². The monoisotopic (exact) mass is 414 g/mol. The first kappa shape index (κ1) is 21.2. The van der Waals surface area contributed by atoms with Crippen LogP contribution in [0.3, 0.4) is 0 Å². The van der Waals surface area contributed by atoms with Gasteiger partial charge in [0.15, 0.2) is 6.10 Å². The number of rotatable bonds is 5. The average Bonchev–Trinajstić information content (AvgIpc) is 2.71. The number of carbonyl (C=O) groups excluding carboxylic acids is 2. The summed E-state index contributed by atoms with van der Waals surface area (Å²) < 4.78 is 5.68. The van der Waals surface area contributed by atoms with Gasteiger partial charge in [-0.25, -0.2) is 0 Å². The number of likely N-dealkylation sites (tertiary alicyclic amines) is 1. The predicted octanol–water partition coefficient (Wildman–Crippen LogP) is 4.15. The van der Waals surface area contributed by atoms with Gasteiger partial charge in [0.25, 0.3) is 11.8 Å². The van der Waals surface area contributed by atoms with Gasteiger partial charge in [0, 0.05) is 29.7 Å². The Balaban J connectivity index is 1.48. The first-order valence-corrected chi connectivity index (χ1v) is 10.3. The molecule has 0 aliphatic carbocycles. The third-order valence-corrected chi connectivity index (χ3v) is 5.63. The van der Waals surface area contributed by atoms with Crippen molar-refractivity contribution in [2.75, 3.05) is 13.1 Å². The van der Waals surface area contributed by atoms with Crippen LogP contribution < -0.4 is 10.1 Å². The zero-order chi connectivity index (χ0) is 21.0. The Labute approximate surface area is 177 Å². The Morgan fingerprint density at radius 3 is 2.34 bits per heavy atom. The van der Waals surface area contributed by atoms with E-state index >= 15 is 0 Å². The summed E-state index contributed by atoms with van der Waals surface area (Å²) in [6.45, 7) is 7.03. The maximum atomic E-state index is 12.7. The topological polar surface area (TPSA) is 58.6 Å². The van der Waals surface area contributed by atoms with Crippen LogP contribution in [0.25, 0.3) is 0 Å². The Morgan fingerprint density at radius 1 is 1.07 bits per heavy atom. The van der Waals surface area contributed by atoms with Gasteiger partial charge >= 0.3 is 0 Å². The Kier molecular flexibility index (Phi) is 6.80. The highest BCUT2D eigenvalue weighted by Gasteiger charge is 2.26. The molecule has 1 saturated heterocycles. The van der Waals surface area contributed by atoms with Crippen LogP contribution in [0, 0.1) is 13.8 Å². The van der Waals surface area contributed by atoms with E-state index in [0.29, 0.717) is 23.9 Å². The van der Waals surface area contributed by atoms with Crippen LogP contribution in [0.15, 0.2) is 42.5 Å². The Morgan fingerprint density at radius 2 is 1.72 bits per heavy atom. The molecule has 1 aliphatic rings. The molecule has 0 radical (unpaired) electrons. The minimum atomic E-state index is -0.605. The molecule has 2 amide bonds. The van der Waals surface area contributed by atoms with Gasteiger partial charge in [-0.2, -0.15) is 0 Å². The molecular formula is C23H27ClN2O3. The molecule has 154 valence electrons. The largest absolute Gasteiger partial charge is 0.481 e. The minimum absolute atomic E-state index is 0.0440. The van der Waals surface area contributed by atoms with E-state index in [2.05, 4.69) is 5.32 Å². The quantitative estimate of drug-likeness (QED) is 0.799. The molecule has 0 aromatic heterocycles. The summed E-state index contributed by atoms with van der Waals surface area (Å²) in [6, 6.07) is 12.8. The van der Waals surface area contributed by atoms with Crippen molar-refractivity contribution < 1.29 is 14.3 Å². The lowest BCUT2D eigenvalue weighted by Gasteiger charge is -2.33. The van der Waals surface area contributed by atoms with Crippen molar-refractivity contribution >= 4 is 23.4 Å². The summed E-state index contributed by atoms with van der Waals surface area (Å²) in [5, 5.41) is 3.66. The molecule has 1 fully saturated rings. The second-order valence-electron chi connectivity index (χ2n) is 7.59. The summed E-state index contributed by atoms with van der Waals surface area (Å²) in [6.07, 6.45) is 0.859. The molecule has 1 atom stereocenters. The molecule has 3 rings (SSSR count). The second kappa shape index (κ2) is 9.31.